The summed E-state index contributed by atoms with van der Waals surface area (Å²) in [6.07, 6.45) is 0. The van der Waals surface area contributed by atoms with Crippen LogP contribution in [0.3, 0.4) is 0 Å². The average Bonchev–Trinajstić information content (AvgIpc) is 2.40. The van der Waals surface area contributed by atoms with Gasteiger partial charge in [-0.15, -0.1) is 0 Å². The molecular weight excluding hydrogens is 352 g/mol. The molecule has 0 heterocycles. The summed E-state index contributed by atoms with van der Waals surface area (Å²) in [6, 6.07) is 11.4. The van der Waals surface area contributed by atoms with Crippen LogP contribution in [-0.2, 0) is 0 Å². The van der Waals surface area contributed by atoms with Gasteiger partial charge in [-0.1, -0.05) is 0 Å². The van der Waals surface area contributed by atoms with Gasteiger partial charge in [-0.3, -0.25) is 0 Å². The van der Waals surface area contributed by atoms with E-state index in [0.29, 0.717) is 11.5 Å². The Morgan fingerprint density at radius 2 is 1.00 bits per heavy atom. The first kappa shape index (κ1) is 19.6. The molecule has 2 N–H and O–H groups in total. The van der Waals surface area contributed by atoms with Gasteiger partial charge < -0.3 is 30.0 Å². The van der Waals surface area contributed by atoms with Gasteiger partial charge >= 0.3 is 45.5 Å². The van der Waals surface area contributed by atoms with E-state index >= 15 is 0 Å². The molecule has 6 nitrogen and oxygen atoms in total. The second-order valence-electron chi connectivity index (χ2n) is 3.73. The van der Waals surface area contributed by atoms with E-state index in [0.717, 1.165) is 0 Å². The summed E-state index contributed by atoms with van der Waals surface area (Å²) in [5.74, 6) is -1.65. The van der Waals surface area contributed by atoms with E-state index in [1.165, 1.54) is 48.5 Å². The maximum absolute atomic E-state index is 10.6. The molecule has 0 aliphatic heterocycles. The minimum absolute atomic E-state index is 0. The number of rotatable bonds is 4. The molecule has 0 saturated heterocycles. The van der Waals surface area contributed by atoms with Crippen molar-refractivity contribution in [1.82, 2.24) is 0 Å². The van der Waals surface area contributed by atoms with Gasteiger partial charge in [-0.2, -0.15) is 0 Å². The molecule has 0 aliphatic rings. The van der Waals surface area contributed by atoms with E-state index in [-0.39, 0.29) is 62.1 Å². The van der Waals surface area contributed by atoms with Crippen LogP contribution in [0.15, 0.2) is 48.5 Å². The standard InChI is InChI=1S/C14H10O5.H2O.Sr/c15-13(16)9-1-5-11(6-2-9)19-12-7-3-10(4-8-12)14(17)18;;/h1-8H,(H,15,16)(H,17,18);1H2;/q;;+2/p-2. The molecule has 0 atom stereocenters. The maximum Gasteiger partial charge on any atom is 2.00 e. The van der Waals surface area contributed by atoms with Crippen LogP contribution in [0.1, 0.15) is 20.7 Å². The Morgan fingerprint density at radius 3 is 1.24 bits per heavy atom. The Balaban J connectivity index is 0.00000200. The van der Waals surface area contributed by atoms with Crippen molar-refractivity contribution in [3.63, 3.8) is 0 Å². The topological polar surface area (TPSA) is 121 Å². The van der Waals surface area contributed by atoms with Crippen LogP contribution in [0.5, 0.6) is 11.5 Å². The van der Waals surface area contributed by atoms with Crippen LogP contribution in [0.2, 0.25) is 0 Å². The number of carboxylic acids is 2. The molecule has 7 heteroatoms. The number of carbonyl (C=O) groups is 2. The van der Waals surface area contributed by atoms with Crippen molar-refractivity contribution in [2.45, 2.75) is 0 Å². The number of carbonyl (C=O) groups excluding carboxylic acids is 2. The van der Waals surface area contributed by atoms with Crippen molar-refractivity contribution < 1.29 is 30.0 Å². The van der Waals surface area contributed by atoms with Gasteiger partial charge in [0, 0.05) is 0 Å². The van der Waals surface area contributed by atoms with Crippen LogP contribution in [0.25, 0.3) is 0 Å². The van der Waals surface area contributed by atoms with Crippen molar-refractivity contribution in [3.05, 3.63) is 59.7 Å². The molecule has 0 aliphatic carbocycles. The van der Waals surface area contributed by atoms with E-state index in [2.05, 4.69) is 0 Å². The first-order valence-electron chi connectivity index (χ1n) is 5.37. The van der Waals surface area contributed by atoms with Gasteiger partial charge in [0.05, 0.1) is 11.9 Å². The molecule has 0 fully saturated rings. The molecule has 0 spiro atoms. The summed E-state index contributed by atoms with van der Waals surface area (Å²) in [5, 5.41) is 21.1. The third kappa shape index (κ3) is 5.49. The fourth-order valence-corrected chi connectivity index (χ4v) is 1.45. The molecule has 0 amide bonds. The summed E-state index contributed by atoms with van der Waals surface area (Å²) in [4.78, 5) is 21.1. The Kier molecular flexibility index (Phi) is 8.23. The van der Waals surface area contributed by atoms with E-state index in [9.17, 15) is 19.8 Å². The summed E-state index contributed by atoms with van der Waals surface area (Å²) in [5.41, 5.74) is 0.110. The third-order valence-corrected chi connectivity index (χ3v) is 2.42. The average molecular weight is 362 g/mol. The van der Waals surface area contributed by atoms with Gasteiger partial charge in [0.25, 0.3) is 0 Å². The summed E-state index contributed by atoms with van der Waals surface area (Å²) < 4.78 is 5.42. The van der Waals surface area contributed by atoms with E-state index in [1.807, 2.05) is 0 Å². The molecule has 0 saturated carbocycles. The predicted molar refractivity (Wildman–Crippen MR) is 71.0 cm³/mol. The molecule has 0 radical (unpaired) electrons. The molecule has 2 aromatic rings. The van der Waals surface area contributed by atoms with Gasteiger partial charge in [0.1, 0.15) is 11.5 Å². The quantitative estimate of drug-likeness (QED) is 0.646. The van der Waals surface area contributed by atoms with Crippen LogP contribution in [0, 0.1) is 0 Å². The Bertz CT molecular complexity index is 551. The number of aromatic carboxylic acids is 2. The van der Waals surface area contributed by atoms with Crippen LogP contribution >= 0.6 is 0 Å². The Morgan fingerprint density at radius 1 is 0.714 bits per heavy atom. The van der Waals surface area contributed by atoms with Crippen molar-refractivity contribution in [1.29, 1.82) is 0 Å². The largest absolute Gasteiger partial charge is 2.00 e. The van der Waals surface area contributed by atoms with Gasteiger partial charge in [0.2, 0.25) is 0 Å². The van der Waals surface area contributed by atoms with Crippen LogP contribution < -0.4 is 14.9 Å². The van der Waals surface area contributed by atoms with Crippen molar-refractivity contribution in [2.24, 2.45) is 0 Å². The fraction of sp³-hybridized carbons (Fsp3) is 0. The fourth-order valence-electron chi connectivity index (χ4n) is 1.45. The smallest absolute Gasteiger partial charge is 0.545 e. The van der Waals surface area contributed by atoms with Gasteiger partial charge in [-0.05, 0) is 59.7 Å². The molecule has 0 aromatic heterocycles. The molecule has 0 unspecified atom stereocenters. The Labute approximate surface area is 157 Å². The second-order valence-corrected chi connectivity index (χ2v) is 3.73. The summed E-state index contributed by atoms with van der Waals surface area (Å²) >= 11 is 0. The third-order valence-electron chi connectivity index (χ3n) is 2.42. The molecule has 104 valence electrons. The van der Waals surface area contributed by atoms with Crippen LogP contribution in [-0.4, -0.2) is 62.9 Å². The molecule has 21 heavy (non-hydrogen) atoms. The Hall–Kier alpha value is -1.38. The first-order chi connectivity index (χ1) is 9.06. The minimum Gasteiger partial charge on any atom is -0.545 e. The predicted octanol–water partition coefficient (Wildman–Crippen LogP) is -1.000. The zero-order valence-electron chi connectivity index (χ0n) is 10.9. The first-order valence-corrected chi connectivity index (χ1v) is 5.37. The van der Waals surface area contributed by atoms with Gasteiger partial charge in [-0.25, -0.2) is 0 Å². The second kappa shape index (κ2) is 8.81. The zero-order chi connectivity index (χ0) is 13.8. The number of benzene rings is 2. The molecule has 2 rings (SSSR count). The SMILES string of the molecule is O.O=C([O-])c1ccc(Oc2ccc(C(=O)[O-])cc2)cc1.[Sr+2]. The van der Waals surface area contributed by atoms with E-state index < -0.39 is 11.9 Å². The minimum atomic E-state index is -1.26. The normalized spacial score (nSPS) is 8.95. The van der Waals surface area contributed by atoms with Crippen molar-refractivity contribution in [3.8, 4) is 11.5 Å². The zero-order valence-corrected chi connectivity index (χ0v) is 14.3. The number of hydrogen-bond donors (Lipinski definition) is 0. The summed E-state index contributed by atoms with van der Waals surface area (Å²) in [7, 11) is 0. The summed E-state index contributed by atoms with van der Waals surface area (Å²) in [6.45, 7) is 0. The van der Waals surface area contributed by atoms with Crippen molar-refractivity contribution >= 4 is 57.4 Å². The van der Waals surface area contributed by atoms with E-state index in [1.54, 1.807) is 0 Å². The van der Waals surface area contributed by atoms with Gasteiger partial charge in [0.15, 0.2) is 0 Å². The molecular formula is C14H10O6Sr. The maximum atomic E-state index is 10.6. The van der Waals surface area contributed by atoms with E-state index in [4.69, 9.17) is 4.74 Å². The number of carboxylic acid groups (broad SMARTS) is 2. The van der Waals surface area contributed by atoms with Crippen molar-refractivity contribution in [2.75, 3.05) is 0 Å². The molecule has 2 aromatic carbocycles. The number of hydrogen-bond acceptors (Lipinski definition) is 5. The monoisotopic (exact) mass is 362 g/mol. The number of ether oxygens (including phenoxy) is 1. The van der Waals surface area contributed by atoms with Crippen LogP contribution in [0.4, 0.5) is 0 Å². The molecule has 0 bridgehead atoms.